The lowest BCUT2D eigenvalue weighted by molar-refractivity contribution is -0.139. The minimum atomic E-state index is -0.372. The molecule has 1 heterocycles. The third-order valence-corrected chi connectivity index (χ3v) is 1.71. The number of rotatable bonds is 7. The van der Waals surface area contributed by atoms with Gasteiger partial charge in [-0.15, -0.1) is 0 Å². The maximum Gasteiger partial charge on any atom is 0.335 e. The fourth-order valence-electron chi connectivity index (χ4n) is 0.834. The Hall–Kier alpha value is -0.870. The molecule has 0 saturated carbocycles. The van der Waals surface area contributed by atoms with Crippen LogP contribution >= 0.6 is 0 Å². The van der Waals surface area contributed by atoms with Crippen LogP contribution in [0.3, 0.4) is 0 Å². The number of hydrogen-bond donors (Lipinski definition) is 0. The molecule has 4 heteroatoms. The number of carbonyl (C=O) groups is 1. The van der Waals surface area contributed by atoms with Crippen molar-refractivity contribution in [3.05, 3.63) is 12.2 Å². The molecule has 80 valence electrons. The van der Waals surface area contributed by atoms with E-state index in [1.54, 1.807) is 0 Å². The van der Waals surface area contributed by atoms with Crippen LogP contribution < -0.4 is 0 Å². The maximum absolute atomic E-state index is 11.2. The van der Waals surface area contributed by atoms with Crippen molar-refractivity contribution in [2.45, 2.75) is 19.4 Å². The topological polar surface area (TPSA) is 48.1 Å². The van der Waals surface area contributed by atoms with Crippen molar-refractivity contribution in [3.63, 3.8) is 0 Å². The fourth-order valence-corrected chi connectivity index (χ4v) is 0.834. The van der Waals surface area contributed by atoms with Gasteiger partial charge in [0, 0.05) is 0 Å². The summed E-state index contributed by atoms with van der Waals surface area (Å²) in [7, 11) is 0. The van der Waals surface area contributed by atoms with E-state index in [2.05, 4.69) is 6.58 Å². The molecule has 0 N–H and O–H groups in total. The third-order valence-electron chi connectivity index (χ3n) is 1.71. The van der Waals surface area contributed by atoms with Crippen molar-refractivity contribution in [2.24, 2.45) is 0 Å². The lowest BCUT2D eigenvalue weighted by Crippen LogP contribution is -2.13. The van der Waals surface area contributed by atoms with Crippen molar-refractivity contribution in [1.82, 2.24) is 0 Å². The van der Waals surface area contributed by atoms with Gasteiger partial charge in [0.15, 0.2) is 0 Å². The second kappa shape index (κ2) is 5.78. The van der Waals surface area contributed by atoms with E-state index in [1.807, 2.05) is 6.92 Å². The van der Waals surface area contributed by atoms with Crippen LogP contribution in [0.1, 0.15) is 13.3 Å². The Kier molecular flexibility index (Phi) is 4.62. The normalized spacial score (nSPS) is 19.1. The predicted molar refractivity (Wildman–Crippen MR) is 50.9 cm³/mol. The molecule has 1 unspecified atom stereocenters. The average molecular weight is 200 g/mol. The van der Waals surface area contributed by atoms with Crippen LogP contribution in [0.4, 0.5) is 0 Å². The molecule has 0 aromatic carbocycles. The molecular weight excluding hydrogens is 184 g/mol. The van der Waals surface area contributed by atoms with Crippen molar-refractivity contribution in [1.29, 1.82) is 0 Å². The molecule has 1 fully saturated rings. The van der Waals surface area contributed by atoms with Gasteiger partial charge in [-0.05, 0) is 6.42 Å². The summed E-state index contributed by atoms with van der Waals surface area (Å²) >= 11 is 0. The van der Waals surface area contributed by atoms with Gasteiger partial charge in [0.2, 0.25) is 0 Å². The second-order valence-corrected chi connectivity index (χ2v) is 3.21. The van der Waals surface area contributed by atoms with Crippen molar-refractivity contribution in [2.75, 3.05) is 26.4 Å². The number of epoxide rings is 1. The van der Waals surface area contributed by atoms with Crippen LogP contribution in [0.25, 0.3) is 0 Å². The van der Waals surface area contributed by atoms with Crippen LogP contribution in [-0.4, -0.2) is 38.5 Å². The Bertz CT molecular complexity index is 208. The van der Waals surface area contributed by atoms with Crippen LogP contribution in [0, 0.1) is 0 Å². The summed E-state index contributed by atoms with van der Waals surface area (Å²) in [5.41, 5.74) is 0.360. The largest absolute Gasteiger partial charge is 0.462 e. The molecule has 0 aliphatic carbocycles. The zero-order valence-corrected chi connectivity index (χ0v) is 8.45. The van der Waals surface area contributed by atoms with E-state index in [9.17, 15) is 4.79 Å². The third kappa shape index (κ3) is 4.39. The molecule has 1 aliphatic heterocycles. The van der Waals surface area contributed by atoms with E-state index in [0.717, 1.165) is 13.0 Å². The summed E-state index contributed by atoms with van der Waals surface area (Å²) in [4.78, 5) is 11.2. The molecule has 0 spiro atoms. The van der Waals surface area contributed by atoms with E-state index in [1.165, 1.54) is 0 Å². The smallest absolute Gasteiger partial charge is 0.335 e. The van der Waals surface area contributed by atoms with E-state index >= 15 is 0 Å². The Morgan fingerprint density at radius 1 is 1.64 bits per heavy atom. The zero-order chi connectivity index (χ0) is 10.4. The van der Waals surface area contributed by atoms with Gasteiger partial charge in [0.05, 0.1) is 32.0 Å². The van der Waals surface area contributed by atoms with E-state index in [0.29, 0.717) is 18.8 Å². The van der Waals surface area contributed by atoms with Gasteiger partial charge < -0.3 is 14.2 Å². The minimum absolute atomic E-state index is 0.217. The number of hydrogen-bond acceptors (Lipinski definition) is 4. The first-order valence-corrected chi connectivity index (χ1v) is 4.78. The summed E-state index contributed by atoms with van der Waals surface area (Å²) in [6.07, 6.45) is 1.03. The highest BCUT2D eigenvalue weighted by Gasteiger charge is 2.22. The molecule has 1 atom stereocenters. The number of ether oxygens (including phenoxy) is 3. The van der Waals surface area contributed by atoms with E-state index in [4.69, 9.17) is 14.2 Å². The molecule has 1 rings (SSSR count). The molecule has 0 radical (unpaired) electrons. The highest BCUT2D eigenvalue weighted by atomic mass is 16.6. The SMILES string of the molecule is C=C(COCC1CO1)C(=O)OCCC. The van der Waals surface area contributed by atoms with Gasteiger partial charge in [0.25, 0.3) is 0 Å². The van der Waals surface area contributed by atoms with Crippen LogP contribution in [0.5, 0.6) is 0 Å². The summed E-state index contributed by atoms with van der Waals surface area (Å²) in [5.74, 6) is -0.372. The highest BCUT2D eigenvalue weighted by molar-refractivity contribution is 5.87. The van der Waals surface area contributed by atoms with E-state index in [-0.39, 0.29) is 18.7 Å². The predicted octanol–water partition coefficient (Wildman–Crippen LogP) is 0.911. The Balaban J connectivity index is 2.03. The lowest BCUT2D eigenvalue weighted by atomic mass is 10.3. The molecule has 1 aliphatic rings. The average Bonchev–Trinajstić information content (AvgIpc) is 2.97. The Morgan fingerprint density at radius 2 is 2.36 bits per heavy atom. The quantitative estimate of drug-likeness (QED) is 0.348. The molecule has 1 saturated heterocycles. The standard InChI is InChI=1S/C10H16O4/c1-3-4-13-10(11)8(2)5-12-6-9-7-14-9/h9H,2-7H2,1H3. The second-order valence-electron chi connectivity index (χ2n) is 3.21. The zero-order valence-electron chi connectivity index (χ0n) is 8.45. The van der Waals surface area contributed by atoms with E-state index < -0.39 is 0 Å². The molecule has 0 amide bonds. The van der Waals surface area contributed by atoms with Crippen LogP contribution in [0.2, 0.25) is 0 Å². The van der Waals surface area contributed by atoms with Gasteiger partial charge in [-0.2, -0.15) is 0 Å². The molecular formula is C10H16O4. The van der Waals surface area contributed by atoms with Crippen molar-refractivity contribution in [3.8, 4) is 0 Å². The first-order valence-electron chi connectivity index (χ1n) is 4.78. The van der Waals surface area contributed by atoms with Gasteiger partial charge >= 0.3 is 5.97 Å². The summed E-state index contributed by atoms with van der Waals surface area (Å²) in [6, 6.07) is 0. The molecule has 4 nitrogen and oxygen atoms in total. The lowest BCUT2D eigenvalue weighted by Gasteiger charge is -2.05. The summed E-state index contributed by atoms with van der Waals surface area (Å²) in [5, 5.41) is 0. The molecule has 0 aromatic heterocycles. The summed E-state index contributed by atoms with van der Waals surface area (Å²) in [6.45, 7) is 7.47. The van der Waals surface area contributed by atoms with Crippen LogP contribution in [0.15, 0.2) is 12.2 Å². The highest BCUT2D eigenvalue weighted by Crippen LogP contribution is 2.09. The summed E-state index contributed by atoms with van der Waals surface area (Å²) < 4.78 is 15.0. The van der Waals surface area contributed by atoms with Gasteiger partial charge in [-0.1, -0.05) is 13.5 Å². The minimum Gasteiger partial charge on any atom is -0.462 e. The first-order chi connectivity index (χ1) is 6.74. The van der Waals surface area contributed by atoms with Gasteiger partial charge in [0.1, 0.15) is 6.10 Å². The number of esters is 1. The van der Waals surface area contributed by atoms with Gasteiger partial charge in [-0.25, -0.2) is 4.79 Å². The monoisotopic (exact) mass is 200 g/mol. The Morgan fingerprint density at radius 3 is 2.93 bits per heavy atom. The van der Waals surface area contributed by atoms with Crippen molar-refractivity contribution < 1.29 is 19.0 Å². The Labute approximate surface area is 83.8 Å². The van der Waals surface area contributed by atoms with Crippen LogP contribution in [-0.2, 0) is 19.0 Å². The maximum atomic E-state index is 11.2. The molecule has 0 bridgehead atoms. The number of carbonyl (C=O) groups excluding carboxylic acids is 1. The molecule has 0 aromatic rings. The first kappa shape index (κ1) is 11.2. The fraction of sp³-hybridized carbons (Fsp3) is 0.700. The van der Waals surface area contributed by atoms with Crippen molar-refractivity contribution >= 4 is 5.97 Å². The van der Waals surface area contributed by atoms with Gasteiger partial charge in [-0.3, -0.25) is 0 Å². The molecule has 14 heavy (non-hydrogen) atoms.